The van der Waals surface area contributed by atoms with Crippen molar-refractivity contribution in [3.8, 4) is 28.4 Å². The van der Waals surface area contributed by atoms with Crippen LogP contribution in [0.1, 0.15) is 54.4 Å². The Kier molecular flexibility index (Phi) is 5.93. The third-order valence-corrected chi connectivity index (χ3v) is 5.98. The third-order valence-electron chi connectivity index (χ3n) is 5.98. The summed E-state index contributed by atoms with van der Waals surface area (Å²) in [6.45, 7) is 0.188. The molecular weight excluding hydrogens is 384 g/mol. The summed E-state index contributed by atoms with van der Waals surface area (Å²) in [6, 6.07) is 9.00. The largest absolute Gasteiger partial charge is 0.493 e. The lowest BCUT2D eigenvalue weighted by atomic mass is 9.95. The topological polar surface area (TPSA) is 71.1 Å². The molecule has 4 rings (SSSR count). The second-order valence-electron chi connectivity index (χ2n) is 7.75. The number of methoxy groups -OCH3 is 2. The normalized spacial score (nSPS) is 15.6. The average Bonchev–Trinajstić information content (AvgIpc) is 3.42. The standard InChI is InChI=1S/C24H26O6/c1-27-20-12-11-17(16-8-5-9-18-19(16)14-29-24(18)26)22(23(20)28-2)30-21(25)13-10-15-6-3-4-7-15/h5,8-9,11-12,15H,3-4,6-7,10,13-14H2,1-2H3. The van der Waals surface area contributed by atoms with Gasteiger partial charge in [0.1, 0.15) is 6.61 Å². The minimum atomic E-state index is -0.345. The monoisotopic (exact) mass is 410 g/mol. The Labute approximate surface area is 176 Å². The number of hydrogen-bond acceptors (Lipinski definition) is 6. The number of carbonyl (C=O) groups is 2. The minimum Gasteiger partial charge on any atom is -0.493 e. The van der Waals surface area contributed by atoms with E-state index < -0.39 is 0 Å². The molecule has 30 heavy (non-hydrogen) atoms. The van der Waals surface area contributed by atoms with Crippen molar-refractivity contribution in [1.29, 1.82) is 0 Å². The number of esters is 2. The van der Waals surface area contributed by atoms with E-state index in [1.165, 1.54) is 39.9 Å². The first-order valence-electron chi connectivity index (χ1n) is 10.4. The highest BCUT2D eigenvalue weighted by atomic mass is 16.6. The Balaban J connectivity index is 1.69. The maximum Gasteiger partial charge on any atom is 0.338 e. The molecule has 0 N–H and O–H groups in total. The fraction of sp³-hybridized carbons (Fsp3) is 0.417. The van der Waals surface area contributed by atoms with Gasteiger partial charge in [-0.05, 0) is 36.1 Å². The molecule has 0 spiro atoms. The average molecular weight is 410 g/mol. The van der Waals surface area contributed by atoms with E-state index >= 15 is 0 Å². The van der Waals surface area contributed by atoms with Gasteiger partial charge >= 0.3 is 11.9 Å². The molecule has 1 aliphatic carbocycles. The summed E-state index contributed by atoms with van der Waals surface area (Å²) in [4.78, 5) is 24.7. The molecule has 0 bridgehead atoms. The smallest absolute Gasteiger partial charge is 0.338 e. The van der Waals surface area contributed by atoms with Gasteiger partial charge in [0.2, 0.25) is 5.75 Å². The van der Waals surface area contributed by atoms with Gasteiger partial charge in [-0.25, -0.2) is 4.79 Å². The van der Waals surface area contributed by atoms with Crippen molar-refractivity contribution in [3.05, 3.63) is 41.5 Å². The first-order valence-corrected chi connectivity index (χ1v) is 10.4. The number of cyclic esters (lactones) is 1. The molecule has 1 heterocycles. The second kappa shape index (κ2) is 8.78. The van der Waals surface area contributed by atoms with Crippen molar-refractivity contribution < 1.29 is 28.5 Å². The van der Waals surface area contributed by atoms with Gasteiger partial charge in [0.15, 0.2) is 11.5 Å². The molecule has 0 unspecified atom stereocenters. The zero-order valence-electron chi connectivity index (χ0n) is 17.4. The SMILES string of the molecule is COc1ccc(-c2cccc3c2COC3=O)c(OC(=O)CCC2CCCC2)c1OC. The maximum absolute atomic E-state index is 12.7. The van der Waals surface area contributed by atoms with E-state index in [2.05, 4.69) is 0 Å². The van der Waals surface area contributed by atoms with Gasteiger partial charge in [0, 0.05) is 17.5 Å². The van der Waals surface area contributed by atoms with Gasteiger partial charge in [-0.15, -0.1) is 0 Å². The molecule has 6 nitrogen and oxygen atoms in total. The van der Waals surface area contributed by atoms with Crippen LogP contribution in [0.25, 0.3) is 11.1 Å². The number of benzene rings is 2. The molecule has 0 amide bonds. The van der Waals surface area contributed by atoms with E-state index in [1.54, 1.807) is 18.2 Å². The summed E-state index contributed by atoms with van der Waals surface area (Å²) >= 11 is 0. The second-order valence-corrected chi connectivity index (χ2v) is 7.75. The lowest BCUT2D eigenvalue weighted by Gasteiger charge is -2.18. The number of fused-ring (bicyclic) bond motifs is 1. The lowest BCUT2D eigenvalue weighted by Crippen LogP contribution is -2.12. The van der Waals surface area contributed by atoms with Crippen molar-refractivity contribution in [2.45, 2.75) is 45.1 Å². The molecule has 0 aromatic heterocycles. The Morgan fingerprint density at radius 3 is 2.50 bits per heavy atom. The molecule has 2 aliphatic rings. The Hall–Kier alpha value is -3.02. The molecule has 158 valence electrons. The highest BCUT2D eigenvalue weighted by Gasteiger charge is 2.28. The molecule has 0 atom stereocenters. The van der Waals surface area contributed by atoms with Gasteiger partial charge in [0.25, 0.3) is 0 Å². The van der Waals surface area contributed by atoms with Crippen LogP contribution in [0.2, 0.25) is 0 Å². The van der Waals surface area contributed by atoms with E-state index in [-0.39, 0.29) is 18.5 Å². The van der Waals surface area contributed by atoms with Crippen LogP contribution in [0.15, 0.2) is 30.3 Å². The summed E-state index contributed by atoms with van der Waals surface area (Å²) in [7, 11) is 3.05. The summed E-state index contributed by atoms with van der Waals surface area (Å²) in [5.74, 6) is 1.09. The highest BCUT2D eigenvalue weighted by molar-refractivity contribution is 5.97. The van der Waals surface area contributed by atoms with Gasteiger partial charge in [-0.1, -0.05) is 37.8 Å². The molecule has 1 saturated carbocycles. The van der Waals surface area contributed by atoms with Crippen LogP contribution >= 0.6 is 0 Å². The molecular formula is C24H26O6. The first kappa shape index (κ1) is 20.3. The first-order chi connectivity index (χ1) is 14.6. The van der Waals surface area contributed by atoms with Crippen LogP contribution in [0.3, 0.4) is 0 Å². The van der Waals surface area contributed by atoms with Gasteiger partial charge in [0.05, 0.1) is 19.8 Å². The fourth-order valence-electron chi connectivity index (χ4n) is 4.40. The van der Waals surface area contributed by atoms with E-state index in [9.17, 15) is 9.59 Å². The van der Waals surface area contributed by atoms with Crippen LogP contribution < -0.4 is 14.2 Å². The van der Waals surface area contributed by atoms with Crippen molar-refractivity contribution in [1.82, 2.24) is 0 Å². The summed E-state index contributed by atoms with van der Waals surface area (Å²) < 4.78 is 22.0. The molecule has 6 heteroatoms. The van der Waals surface area contributed by atoms with Gasteiger partial charge in [-0.2, -0.15) is 0 Å². The summed E-state index contributed by atoms with van der Waals surface area (Å²) in [5.41, 5.74) is 2.74. The Bertz CT molecular complexity index is 958. The third kappa shape index (κ3) is 3.86. The quantitative estimate of drug-likeness (QED) is 0.477. The number of carbonyl (C=O) groups excluding carboxylic acids is 2. The molecule has 1 fully saturated rings. The Morgan fingerprint density at radius 2 is 1.77 bits per heavy atom. The van der Waals surface area contributed by atoms with Crippen molar-refractivity contribution in [2.24, 2.45) is 5.92 Å². The summed E-state index contributed by atoms with van der Waals surface area (Å²) in [6.07, 6.45) is 6.06. The van der Waals surface area contributed by atoms with Crippen molar-refractivity contribution in [3.63, 3.8) is 0 Å². The fourth-order valence-corrected chi connectivity index (χ4v) is 4.40. The van der Waals surface area contributed by atoms with Crippen LogP contribution in [-0.2, 0) is 16.1 Å². The van der Waals surface area contributed by atoms with Crippen LogP contribution in [-0.4, -0.2) is 26.2 Å². The number of ether oxygens (including phenoxy) is 4. The predicted octanol–water partition coefficient (Wildman–Crippen LogP) is 4.92. The lowest BCUT2D eigenvalue weighted by molar-refractivity contribution is -0.134. The van der Waals surface area contributed by atoms with Gasteiger partial charge < -0.3 is 18.9 Å². The molecule has 0 radical (unpaired) electrons. The predicted molar refractivity (Wildman–Crippen MR) is 111 cm³/mol. The van der Waals surface area contributed by atoms with E-state index in [4.69, 9.17) is 18.9 Å². The number of hydrogen-bond donors (Lipinski definition) is 0. The zero-order valence-corrected chi connectivity index (χ0v) is 17.4. The molecule has 2 aromatic rings. The van der Waals surface area contributed by atoms with Crippen molar-refractivity contribution >= 4 is 11.9 Å². The van der Waals surface area contributed by atoms with Crippen LogP contribution in [0.5, 0.6) is 17.2 Å². The Morgan fingerprint density at radius 1 is 1.00 bits per heavy atom. The molecule has 2 aromatic carbocycles. The van der Waals surface area contributed by atoms with Crippen LogP contribution in [0.4, 0.5) is 0 Å². The highest BCUT2D eigenvalue weighted by Crippen LogP contribution is 2.46. The van der Waals surface area contributed by atoms with E-state index in [1.807, 2.05) is 12.1 Å². The van der Waals surface area contributed by atoms with Crippen LogP contribution in [0, 0.1) is 5.92 Å². The van der Waals surface area contributed by atoms with Gasteiger partial charge in [-0.3, -0.25) is 4.79 Å². The van der Waals surface area contributed by atoms with E-state index in [0.717, 1.165) is 17.5 Å². The summed E-state index contributed by atoms with van der Waals surface area (Å²) in [5, 5.41) is 0. The molecule has 0 saturated heterocycles. The maximum atomic E-state index is 12.7. The minimum absolute atomic E-state index is 0.188. The number of rotatable bonds is 7. The zero-order chi connectivity index (χ0) is 21.1. The van der Waals surface area contributed by atoms with E-state index in [0.29, 0.717) is 40.7 Å². The van der Waals surface area contributed by atoms with Crippen molar-refractivity contribution in [2.75, 3.05) is 14.2 Å². The molecule has 1 aliphatic heterocycles.